The van der Waals surface area contributed by atoms with Gasteiger partial charge in [0.1, 0.15) is 5.78 Å². The van der Waals surface area contributed by atoms with Crippen LogP contribution in [0.3, 0.4) is 0 Å². The van der Waals surface area contributed by atoms with Crippen molar-refractivity contribution in [3.63, 3.8) is 0 Å². The molecule has 1 saturated carbocycles. The van der Waals surface area contributed by atoms with Gasteiger partial charge in [0.25, 0.3) is 0 Å². The summed E-state index contributed by atoms with van der Waals surface area (Å²) in [5.74, 6) is 1.75. The fourth-order valence-electron chi connectivity index (χ4n) is 5.32. The molecular weight excluding hydrogens is 362 g/mol. The van der Waals surface area contributed by atoms with Crippen LogP contribution in [-0.4, -0.2) is 69.9 Å². The topological polar surface area (TPSA) is 52.6 Å². The molecule has 3 aliphatic rings. The molecule has 2 aliphatic heterocycles. The second kappa shape index (κ2) is 8.31. The molecule has 2 unspecified atom stereocenters. The Kier molecular flexibility index (Phi) is 5.94. The number of anilines is 1. The van der Waals surface area contributed by atoms with E-state index in [2.05, 4.69) is 35.6 Å². The number of piperazine rings is 1. The van der Waals surface area contributed by atoms with Gasteiger partial charge in [-0.2, -0.15) is 0 Å². The molecule has 0 spiro atoms. The number of carbonyl (C=O) groups is 1. The monoisotopic (exact) mass is 399 g/mol. The van der Waals surface area contributed by atoms with Crippen molar-refractivity contribution in [3.05, 3.63) is 18.0 Å². The number of hydrogen-bond acceptors (Lipinski definition) is 6. The van der Waals surface area contributed by atoms with Crippen molar-refractivity contribution in [2.75, 3.05) is 25.0 Å². The normalized spacial score (nSPS) is 29.7. The smallest absolute Gasteiger partial charge is 0.225 e. The summed E-state index contributed by atoms with van der Waals surface area (Å²) in [7, 11) is 2.15. The zero-order valence-electron chi connectivity index (χ0n) is 18.7. The van der Waals surface area contributed by atoms with Crippen molar-refractivity contribution >= 4 is 11.7 Å². The summed E-state index contributed by atoms with van der Waals surface area (Å²) in [6.07, 6.45) is 8.50. The van der Waals surface area contributed by atoms with Crippen molar-refractivity contribution < 1.29 is 4.79 Å². The largest absolute Gasteiger partial charge is 0.332 e. The van der Waals surface area contributed by atoms with Gasteiger partial charge in [-0.25, -0.2) is 9.97 Å². The fourth-order valence-corrected chi connectivity index (χ4v) is 5.32. The molecule has 1 aromatic heterocycles. The molecule has 0 aromatic carbocycles. The van der Waals surface area contributed by atoms with Gasteiger partial charge in [-0.1, -0.05) is 13.8 Å². The number of fused-ring (bicyclic) bond motifs is 2. The van der Waals surface area contributed by atoms with E-state index in [4.69, 9.17) is 9.97 Å². The van der Waals surface area contributed by atoms with E-state index in [1.807, 2.05) is 26.2 Å². The van der Waals surface area contributed by atoms with Crippen LogP contribution in [0.15, 0.2) is 12.4 Å². The predicted octanol–water partition coefficient (Wildman–Crippen LogP) is 2.97. The van der Waals surface area contributed by atoms with Gasteiger partial charge < -0.3 is 4.90 Å². The molecular formula is C23H37N5O. The Labute approximate surface area is 175 Å². The number of likely N-dealkylation sites (tertiary alicyclic amines) is 1. The van der Waals surface area contributed by atoms with Gasteiger partial charge in [-0.05, 0) is 46.6 Å². The number of ketones is 1. The maximum Gasteiger partial charge on any atom is 0.225 e. The van der Waals surface area contributed by atoms with Crippen LogP contribution in [0.2, 0.25) is 0 Å². The first-order chi connectivity index (χ1) is 13.8. The zero-order chi connectivity index (χ0) is 20.7. The molecule has 0 amide bonds. The molecule has 2 bridgehead atoms. The van der Waals surface area contributed by atoms with E-state index in [0.717, 1.165) is 44.0 Å². The van der Waals surface area contributed by atoms with E-state index in [1.54, 1.807) is 0 Å². The first-order valence-corrected chi connectivity index (χ1v) is 11.4. The molecule has 0 radical (unpaired) electrons. The SMILES string of the molecule is CC(C)C(=O)C1CC(N(C)Cc2cnc(N3C4CCC3CN(C(C)C)C4)nc2)C1. The van der Waals surface area contributed by atoms with Gasteiger partial charge in [0.2, 0.25) is 5.95 Å². The number of hydrogen-bond donors (Lipinski definition) is 0. The molecule has 3 fully saturated rings. The van der Waals surface area contributed by atoms with Crippen LogP contribution in [0.5, 0.6) is 0 Å². The molecule has 6 heteroatoms. The van der Waals surface area contributed by atoms with Gasteiger partial charge in [-0.15, -0.1) is 0 Å². The van der Waals surface area contributed by atoms with Crippen molar-refractivity contribution in [2.24, 2.45) is 11.8 Å². The highest BCUT2D eigenvalue weighted by Gasteiger charge is 2.42. The summed E-state index contributed by atoms with van der Waals surface area (Å²) in [4.78, 5) is 29.0. The minimum atomic E-state index is 0.157. The molecule has 4 rings (SSSR count). The highest BCUT2D eigenvalue weighted by atomic mass is 16.1. The Morgan fingerprint density at radius 3 is 2.21 bits per heavy atom. The Balaban J connectivity index is 1.32. The highest BCUT2D eigenvalue weighted by molar-refractivity contribution is 5.83. The third-order valence-electron chi connectivity index (χ3n) is 7.30. The molecule has 0 N–H and O–H groups in total. The van der Waals surface area contributed by atoms with E-state index >= 15 is 0 Å². The average molecular weight is 400 g/mol. The van der Waals surface area contributed by atoms with Crippen LogP contribution in [0.4, 0.5) is 5.95 Å². The standard InChI is InChI=1S/C23H37N5O/c1-15(2)22(29)18-8-21(9-18)26(5)12-17-10-24-23(25-11-17)28-19-6-7-20(28)14-27(13-19)16(3)4/h10-11,15-16,18-21H,6-9,12-14H2,1-5H3. The van der Waals surface area contributed by atoms with Gasteiger partial charge in [0.05, 0.1) is 0 Å². The predicted molar refractivity (Wildman–Crippen MR) is 116 cm³/mol. The third kappa shape index (κ3) is 4.19. The molecule has 2 atom stereocenters. The number of rotatable bonds is 7. The summed E-state index contributed by atoms with van der Waals surface area (Å²) in [6, 6.07) is 2.22. The van der Waals surface area contributed by atoms with Crippen LogP contribution >= 0.6 is 0 Å². The molecule has 3 heterocycles. The maximum atomic E-state index is 12.1. The van der Waals surface area contributed by atoms with Crippen LogP contribution in [0, 0.1) is 11.8 Å². The number of carbonyl (C=O) groups excluding carboxylic acids is 1. The summed E-state index contributed by atoms with van der Waals surface area (Å²) in [5, 5.41) is 0. The Bertz CT molecular complexity index is 698. The lowest BCUT2D eigenvalue weighted by molar-refractivity contribution is -0.130. The zero-order valence-corrected chi connectivity index (χ0v) is 18.7. The van der Waals surface area contributed by atoms with Crippen LogP contribution in [-0.2, 0) is 11.3 Å². The Morgan fingerprint density at radius 2 is 1.69 bits per heavy atom. The number of nitrogens with zero attached hydrogens (tertiary/aromatic N) is 5. The lowest BCUT2D eigenvalue weighted by Crippen LogP contribution is -2.56. The summed E-state index contributed by atoms with van der Waals surface area (Å²) < 4.78 is 0. The molecule has 160 valence electrons. The molecule has 29 heavy (non-hydrogen) atoms. The third-order valence-corrected chi connectivity index (χ3v) is 7.30. The van der Waals surface area contributed by atoms with Crippen molar-refractivity contribution in [1.82, 2.24) is 19.8 Å². The minimum absolute atomic E-state index is 0.157. The number of aromatic nitrogens is 2. The van der Waals surface area contributed by atoms with Crippen LogP contribution in [0.1, 0.15) is 58.9 Å². The van der Waals surface area contributed by atoms with E-state index in [-0.39, 0.29) is 11.8 Å². The van der Waals surface area contributed by atoms with Crippen molar-refractivity contribution in [1.29, 1.82) is 0 Å². The van der Waals surface area contributed by atoms with Gasteiger partial charge in [0, 0.05) is 73.6 Å². The number of Topliss-reactive ketones (excluding diaryl/α,β-unsaturated/α-hetero) is 1. The molecule has 1 aromatic rings. The average Bonchev–Trinajstić information content (AvgIpc) is 2.90. The maximum absolute atomic E-state index is 12.1. The minimum Gasteiger partial charge on any atom is -0.332 e. The van der Waals surface area contributed by atoms with Gasteiger partial charge in [0.15, 0.2) is 0 Å². The first kappa shape index (κ1) is 20.7. The van der Waals surface area contributed by atoms with E-state index in [0.29, 0.717) is 30.0 Å². The van der Waals surface area contributed by atoms with Crippen molar-refractivity contribution in [2.45, 2.75) is 84.1 Å². The summed E-state index contributed by atoms with van der Waals surface area (Å²) >= 11 is 0. The Hall–Kier alpha value is -1.53. The van der Waals surface area contributed by atoms with Gasteiger partial charge in [-0.3, -0.25) is 14.6 Å². The van der Waals surface area contributed by atoms with Crippen LogP contribution in [0.25, 0.3) is 0 Å². The first-order valence-electron chi connectivity index (χ1n) is 11.4. The summed E-state index contributed by atoms with van der Waals surface area (Å²) in [5.41, 5.74) is 1.16. The fraction of sp³-hybridized carbons (Fsp3) is 0.783. The second-order valence-electron chi connectivity index (χ2n) is 10.0. The van der Waals surface area contributed by atoms with E-state index < -0.39 is 0 Å². The van der Waals surface area contributed by atoms with Crippen LogP contribution < -0.4 is 4.90 Å². The lowest BCUT2D eigenvalue weighted by Gasteiger charge is -2.43. The van der Waals surface area contributed by atoms with Gasteiger partial charge >= 0.3 is 0 Å². The Morgan fingerprint density at radius 1 is 1.10 bits per heavy atom. The molecule has 2 saturated heterocycles. The highest BCUT2D eigenvalue weighted by Crippen LogP contribution is 2.35. The second-order valence-corrected chi connectivity index (χ2v) is 10.0. The quantitative estimate of drug-likeness (QED) is 0.703. The molecule has 1 aliphatic carbocycles. The lowest BCUT2D eigenvalue weighted by atomic mass is 9.74. The van der Waals surface area contributed by atoms with E-state index in [9.17, 15) is 4.79 Å². The van der Waals surface area contributed by atoms with Crippen molar-refractivity contribution in [3.8, 4) is 0 Å². The summed E-state index contributed by atoms with van der Waals surface area (Å²) in [6.45, 7) is 11.7. The molecule has 6 nitrogen and oxygen atoms in total. The van der Waals surface area contributed by atoms with E-state index in [1.165, 1.54) is 12.8 Å².